The molecule has 13 heteroatoms. The zero-order valence-corrected chi connectivity index (χ0v) is 13.1. The van der Waals surface area contributed by atoms with Gasteiger partial charge in [0.2, 0.25) is 0 Å². The fourth-order valence-corrected chi connectivity index (χ4v) is 2.88. The number of phosphoric acid groups is 1. The second-order valence-corrected chi connectivity index (χ2v) is 6.52. The van der Waals surface area contributed by atoms with E-state index in [9.17, 15) is 14.8 Å². The number of hydrogen-bond donors (Lipinski definition) is 5. The van der Waals surface area contributed by atoms with E-state index in [1.807, 2.05) is 0 Å². The summed E-state index contributed by atoms with van der Waals surface area (Å²) in [6.07, 6.45) is -2.19. The normalized spacial score (nSPS) is 28.5. The summed E-state index contributed by atoms with van der Waals surface area (Å²) in [5, 5.41) is 20.1. The Morgan fingerprint density at radius 3 is 2.83 bits per heavy atom. The third-order valence-corrected chi connectivity index (χ3v) is 4.18. The van der Waals surface area contributed by atoms with Gasteiger partial charge in [-0.1, -0.05) is 12.2 Å². The molecule has 0 saturated carbocycles. The van der Waals surface area contributed by atoms with Crippen molar-refractivity contribution in [2.75, 3.05) is 6.61 Å². The number of rotatable bonds is 4. The molecule has 0 aliphatic carbocycles. The summed E-state index contributed by atoms with van der Waals surface area (Å²) in [5.74, 6) is 0. The molecule has 5 N–H and O–H groups in total. The highest BCUT2D eigenvalue weighted by Gasteiger charge is 2.45. The highest BCUT2D eigenvalue weighted by atomic mass is 32.1. The molecule has 3 rings (SSSR count). The van der Waals surface area contributed by atoms with E-state index in [4.69, 9.17) is 26.7 Å². The van der Waals surface area contributed by atoms with Gasteiger partial charge in [0.1, 0.15) is 29.5 Å². The fraction of sp³-hybridized carbons (Fsp3) is 0.500. The van der Waals surface area contributed by atoms with E-state index >= 15 is 0 Å². The van der Waals surface area contributed by atoms with Crippen LogP contribution in [0.4, 0.5) is 0 Å². The predicted octanol–water partition coefficient (Wildman–Crippen LogP) is -0.783. The Kier molecular flexibility index (Phi) is 4.33. The molecule has 4 atom stereocenters. The highest BCUT2D eigenvalue weighted by molar-refractivity contribution is 7.71. The number of aliphatic hydroxyl groups is 2. The molecule has 0 amide bonds. The summed E-state index contributed by atoms with van der Waals surface area (Å²) < 4.78 is 22.2. The van der Waals surface area contributed by atoms with Crippen molar-refractivity contribution in [1.29, 1.82) is 0 Å². The van der Waals surface area contributed by atoms with E-state index in [0.29, 0.717) is 11.2 Å². The maximum absolute atomic E-state index is 10.7. The first-order valence-electron chi connectivity index (χ1n) is 6.40. The van der Waals surface area contributed by atoms with Crippen LogP contribution in [0.25, 0.3) is 11.2 Å². The number of nitrogens with one attached hydrogen (secondary N) is 1. The van der Waals surface area contributed by atoms with Gasteiger partial charge in [0.15, 0.2) is 10.9 Å². The summed E-state index contributed by atoms with van der Waals surface area (Å²) >= 11 is 5.03. The second-order valence-electron chi connectivity index (χ2n) is 4.89. The van der Waals surface area contributed by atoms with Crippen molar-refractivity contribution in [3.8, 4) is 0 Å². The molecule has 3 heterocycles. The minimum absolute atomic E-state index is 0.256. The number of imidazole rings is 1. The molecule has 0 aromatic carbocycles. The molecular weight excluding hydrogens is 351 g/mol. The van der Waals surface area contributed by atoms with Gasteiger partial charge in [-0.25, -0.2) is 14.5 Å². The van der Waals surface area contributed by atoms with Gasteiger partial charge < -0.3 is 29.7 Å². The summed E-state index contributed by atoms with van der Waals surface area (Å²) in [7, 11) is -4.71. The van der Waals surface area contributed by atoms with Crippen LogP contribution in [0.2, 0.25) is 0 Å². The number of phosphoric ester groups is 1. The summed E-state index contributed by atoms with van der Waals surface area (Å²) in [6.45, 7) is -0.580. The Balaban J connectivity index is 1.87. The fourth-order valence-electron chi connectivity index (χ4n) is 2.33. The van der Waals surface area contributed by atoms with Gasteiger partial charge in [0.05, 0.1) is 19.3 Å². The minimum Gasteiger partial charge on any atom is -0.387 e. The van der Waals surface area contributed by atoms with Crippen LogP contribution in [0.5, 0.6) is 0 Å². The van der Waals surface area contributed by atoms with Crippen LogP contribution in [0.1, 0.15) is 6.23 Å². The van der Waals surface area contributed by atoms with Crippen molar-refractivity contribution in [3.05, 3.63) is 17.3 Å². The molecular formula is C10H13N4O7PS. The minimum atomic E-state index is -4.71. The maximum atomic E-state index is 10.7. The van der Waals surface area contributed by atoms with Crippen molar-refractivity contribution in [2.45, 2.75) is 24.5 Å². The first-order chi connectivity index (χ1) is 10.8. The third kappa shape index (κ3) is 3.20. The SMILES string of the molecule is O=P(O)(O)OC[C@H]1O[C@@H](n2cnc3c(=S)nc[nH]c32)C(O)[C@H]1O. The van der Waals surface area contributed by atoms with Crippen molar-refractivity contribution >= 4 is 31.2 Å². The lowest BCUT2D eigenvalue weighted by Gasteiger charge is -2.16. The maximum Gasteiger partial charge on any atom is 0.469 e. The van der Waals surface area contributed by atoms with Crippen molar-refractivity contribution < 1.29 is 33.8 Å². The van der Waals surface area contributed by atoms with Crippen molar-refractivity contribution in [3.63, 3.8) is 0 Å². The smallest absolute Gasteiger partial charge is 0.387 e. The van der Waals surface area contributed by atoms with Crippen LogP contribution in [-0.2, 0) is 13.8 Å². The molecule has 0 bridgehead atoms. The first kappa shape index (κ1) is 16.6. The van der Waals surface area contributed by atoms with Gasteiger partial charge >= 0.3 is 7.82 Å². The van der Waals surface area contributed by atoms with Gasteiger partial charge in [0, 0.05) is 0 Å². The number of H-pyrrole nitrogens is 1. The number of aromatic nitrogens is 4. The zero-order chi connectivity index (χ0) is 16.8. The summed E-state index contributed by atoms with van der Waals surface area (Å²) in [5.41, 5.74) is 0.820. The Labute approximate surface area is 133 Å². The lowest BCUT2D eigenvalue weighted by atomic mass is 10.1. The molecule has 1 aliphatic rings. The summed E-state index contributed by atoms with van der Waals surface area (Å²) in [4.78, 5) is 28.2. The third-order valence-electron chi connectivity index (χ3n) is 3.40. The number of nitrogens with zero attached hydrogens (tertiary/aromatic N) is 3. The van der Waals surface area contributed by atoms with Crippen molar-refractivity contribution in [1.82, 2.24) is 19.5 Å². The van der Waals surface area contributed by atoms with E-state index < -0.39 is 39.0 Å². The Bertz CT molecular complexity index is 819. The Hall–Kier alpha value is -1.24. The van der Waals surface area contributed by atoms with Crippen LogP contribution in [0.3, 0.4) is 0 Å². The molecule has 1 saturated heterocycles. The molecule has 2 aromatic heterocycles. The standard InChI is InChI=1S/C10H13N4O7PS/c15-6-4(1-20-22(17,18)19)21-10(7(6)16)14-3-13-5-8(14)11-2-12-9(5)23/h2-4,6-7,10,15-16H,1H2,(H,11,12,23)(H2,17,18,19)/t4-,6+,7?,10-/m1/s1. The molecule has 2 aromatic rings. The van der Waals surface area contributed by atoms with Crippen molar-refractivity contribution in [2.24, 2.45) is 0 Å². The number of aromatic amines is 1. The Morgan fingerprint density at radius 2 is 2.13 bits per heavy atom. The monoisotopic (exact) mass is 364 g/mol. The van der Waals surface area contributed by atoms with E-state index in [-0.39, 0.29) is 4.64 Å². The topological polar surface area (TPSA) is 163 Å². The largest absolute Gasteiger partial charge is 0.469 e. The quantitative estimate of drug-likeness (QED) is 0.343. The second kappa shape index (κ2) is 6.00. The van der Waals surface area contributed by atoms with Gasteiger partial charge in [-0.3, -0.25) is 9.09 Å². The lowest BCUT2D eigenvalue weighted by molar-refractivity contribution is -0.0504. The lowest BCUT2D eigenvalue weighted by Crippen LogP contribution is -2.33. The van der Waals surface area contributed by atoms with Gasteiger partial charge in [-0.2, -0.15) is 0 Å². The van der Waals surface area contributed by atoms with Crippen LogP contribution < -0.4 is 0 Å². The predicted molar refractivity (Wildman–Crippen MR) is 76.6 cm³/mol. The van der Waals surface area contributed by atoms with E-state index in [0.717, 1.165) is 0 Å². The van der Waals surface area contributed by atoms with Gasteiger partial charge in [-0.15, -0.1) is 0 Å². The van der Waals surface area contributed by atoms with E-state index in [1.165, 1.54) is 17.2 Å². The van der Waals surface area contributed by atoms with Gasteiger partial charge in [0.25, 0.3) is 0 Å². The number of fused-ring (bicyclic) bond motifs is 1. The highest BCUT2D eigenvalue weighted by Crippen LogP contribution is 2.38. The summed E-state index contributed by atoms with van der Waals surface area (Å²) in [6, 6.07) is 0. The number of aliphatic hydroxyl groups excluding tert-OH is 2. The molecule has 0 radical (unpaired) electrons. The van der Waals surface area contributed by atoms with Crippen LogP contribution in [0.15, 0.2) is 12.7 Å². The first-order valence-corrected chi connectivity index (χ1v) is 8.33. The molecule has 126 valence electrons. The van der Waals surface area contributed by atoms with E-state index in [1.54, 1.807) is 0 Å². The average Bonchev–Trinajstić information content (AvgIpc) is 3.01. The molecule has 11 nitrogen and oxygen atoms in total. The molecule has 0 spiro atoms. The number of hydrogen-bond acceptors (Lipinski definition) is 8. The Morgan fingerprint density at radius 1 is 1.39 bits per heavy atom. The molecule has 1 fully saturated rings. The average molecular weight is 364 g/mol. The zero-order valence-electron chi connectivity index (χ0n) is 11.4. The van der Waals surface area contributed by atoms with E-state index in [2.05, 4.69) is 19.5 Å². The van der Waals surface area contributed by atoms with Crippen LogP contribution in [-0.4, -0.2) is 64.4 Å². The molecule has 23 heavy (non-hydrogen) atoms. The van der Waals surface area contributed by atoms with Crippen LogP contribution >= 0.6 is 20.0 Å². The van der Waals surface area contributed by atoms with Gasteiger partial charge in [-0.05, 0) is 0 Å². The van der Waals surface area contributed by atoms with Crippen LogP contribution in [0, 0.1) is 4.64 Å². The number of ether oxygens (including phenoxy) is 1. The molecule has 1 unspecified atom stereocenters. The molecule has 1 aliphatic heterocycles.